The van der Waals surface area contributed by atoms with Crippen LogP contribution in [-0.4, -0.2) is 10.2 Å². The van der Waals surface area contributed by atoms with Crippen molar-refractivity contribution < 1.29 is 0 Å². The number of aromatic amines is 1. The molecule has 0 fully saturated rings. The lowest BCUT2D eigenvalue weighted by atomic mass is 10.2. The number of halogens is 2. The molecule has 0 amide bonds. The van der Waals surface area contributed by atoms with Gasteiger partial charge in [0.1, 0.15) is 0 Å². The van der Waals surface area contributed by atoms with Crippen LogP contribution in [0.5, 0.6) is 0 Å². The summed E-state index contributed by atoms with van der Waals surface area (Å²) in [5.41, 5.74) is 3.12. The zero-order chi connectivity index (χ0) is 9.42. The fourth-order valence-electron chi connectivity index (χ4n) is 1.16. The van der Waals surface area contributed by atoms with E-state index in [0.29, 0.717) is 26.8 Å². The maximum atomic E-state index is 5.94. The Morgan fingerprint density at radius 2 is 2.00 bits per heavy atom. The summed E-state index contributed by atoms with van der Waals surface area (Å²) in [6.07, 6.45) is 0. The first-order valence-electron chi connectivity index (χ1n) is 3.52. The van der Waals surface area contributed by atoms with Gasteiger partial charge in [0, 0.05) is 0 Å². The third kappa shape index (κ3) is 1.23. The molecule has 0 saturated heterocycles. The number of aromatic nitrogens is 2. The number of fused-ring (bicyclic) bond motifs is 1. The van der Waals surface area contributed by atoms with Crippen molar-refractivity contribution in [3.8, 4) is 0 Å². The Labute approximate surface area is 84.0 Å². The normalized spacial score (nSPS) is 10.7. The third-order valence-electron chi connectivity index (χ3n) is 1.76. The number of hydrogen-bond donors (Lipinski definition) is 3. The van der Waals surface area contributed by atoms with Gasteiger partial charge in [-0.3, -0.25) is 5.10 Å². The van der Waals surface area contributed by atoms with Gasteiger partial charge in [0.05, 0.1) is 20.9 Å². The molecule has 2 aromatic rings. The smallest absolute Gasteiger partial charge is 0.171 e. The van der Waals surface area contributed by atoms with Crippen molar-refractivity contribution in [1.82, 2.24) is 10.2 Å². The fourth-order valence-corrected chi connectivity index (χ4v) is 1.61. The van der Waals surface area contributed by atoms with Crippen LogP contribution in [0.1, 0.15) is 0 Å². The molecule has 13 heavy (non-hydrogen) atoms. The summed E-state index contributed by atoms with van der Waals surface area (Å²) in [5, 5.41) is 8.47. The highest BCUT2D eigenvalue weighted by atomic mass is 35.5. The second kappa shape index (κ2) is 3.06. The maximum absolute atomic E-state index is 5.94. The third-order valence-corrected chi connectivity index (χ3v) is 2.39. The number of nitrogens with one attached hydrogen (secondary N) is 2. The zero-order valence-electron chi connectivity index (χ0n) is 6.44. The van der Waals surface area contributed by atoms with E-state index in [1.165, 1.54) is 0 Å². The molecule has 1 aromatic carbocycles. The summed E-state index contributed by atoms with van der Waals surface area (Å²) in [6, 6.07) is 3.40. The van der Waals surface area contributed by atoms with Gasteiger partial charge in [-0.05, 0) is 12.1 Å². The summed E-state index contributed by atoms with van der Waals surface area (Å²) < 4.78 is 0. The molecule has 0 unspecified atom stereocenters. The second-order valence-electron chi connectivity index (χ2n) is 2.50. The Morgan fingerprint density at radius 1 is 1.31 bits per heavy atom. The average Bonchev–Trinajstić information content (AvgIpc) is 2.56. The van der Waals surface area contributed by atoms with Gasteiger partial charge in [0.2, 0.25) is 0 Å². The largest absolute Gasteiger partial charge is 0.306 e. The van der Waals surface area contributed by atoms with Crippen molar-refractivity contribution in [2.45, 2.75) is 0 Å². The monoisotopic (exact) mass is 216 g/mol. The summed E-state index contributed by atoms with van der Waals surface area (Å²) in [6.45, 7) is 0. The number of nitrogens with zero attached hydrogens (tertiary/aromatic N) is 1. The van der Waals surface area contributed by atoms with Gasteiger partial charge >= 0.3 is 0 Å². The molecule has 4 nitrogen and oxygen atoms in total. The van der Waals surface area contributed by atoms with E-state index in [4.69, 9.17) is 29.0 Å². The number of nitrogen functional groups attached to an aromatic ring is 1. The number of rotatable bonds is 1. The van der Waals surface area contributed by atoms with Crippen LogP contribution >= 0.6 is 23.2 Å². The molecular weight excluding hydrogens is 211 g/mol. The summed E-state index contributed by atoms with van der Waals surface area (Å²) in [4.78, 5) is 0. The predicted octanol–water partition coefficient (Wildman–Crippen LogP) is 2.16. The van der Waals surface area contributed by atoms with Crippen LogP contribution in [0, 0.1) is 0 Å². The molecule has 1 heterocycles. The van der Waals surface area contributed by atoms with E-state index in [2.05, 4.69) is 15.6 Å². The van der Waals surface area contributed by atoms with Crippen molar-refractivity contribution in [2.24, 2.45) is 5.84 Å². The molecule has 0 aliphatic carbocycles. The van der Waals surface area contributed by atoms with Crippen LogP contribution in [0.3, 0.4) is 0 Å². The lowest BCUT2D eigenvalue weighted by Gasteiger charge is -1.97. The molecule has 0 radical (unpaired) electrons. The zero-order valence-corrected chi connectivity index (χ0v) is 7.95. The molecule has 0 aliphatic heterocycles. The second-order valence-corrected chi connectivity index (χ2v) is 3.31. The minimum absolute atomic E-state index is 0.488. The van der Waals surface area contributed by atoms with Gasteiger partial charge in [-0.15, -0.1) is 0 Å². The SMILES string of the molecule is NNc1n[nH]c2c(Cl)ccc(Cl)c12. The number of hydrazine groups is 1. The molecule has 68 valence electrons. The summed E-state index contributed by atoms with van der Waals surface area (Å²) in [7, 11) is 0. The summed E-state index contributed by atoms with van der Waals surface area (Å²) >= 11 is 11.8. The first-order valence-corrected chi connectivity index (χ1v) is 4.28. The van der Waals surface area contributed by atoms with E-state index in [0.717, 1.165) is 0 Å². The highest BCUT2D eigenvalue weighted by Gasteiger charge is 2.10. The highest BCUT2D eigenvalue weighted by molar-refractivity contribution is 6.40. The molecule has 1 aromatic heterocycles. The van der Waals surface area contributed by atoms with Gasteiger partial charge in [-0.1, -0.05) is 23.2 Å². The van der Waals surface area contributed by atoms with Crippen LogP contribution in [0.15, 0.2) is 12.1 Å². The number of anilines is 1. The van der Waals surface area contributed by atoms with Gasteiger partial charge in [0.15, 0.2) is 5.82 Å². The molecule has 0 bridgehead atoms. The van der Waals surface area contributed by atoms with Crippen LogP contribution in [-0.2, 0) is 0 Å². The molecule has 0 atom stereocenters. The predicted molar refractivity (Wildman–Crippen MR) is 53.9 cm³/mol. The number of benzene rings is 1. The number of hydrogen-bond acceptors (Lipinski definition) is 3. The Balaban J connectivity index is 2.87. The molecule has 6 heteroatoms. The van der Waals surface area contributed by atoms with Crippen LogP contribution in [0.4, 0.5) is 5.82 Å². The molecular formula is C7H6Cl2N4. The minimum Gasteiger partial charge on any atom is -0.306 e. The lowest BCUT2D eigenvalue weighted by molar-refractivity contribution is 1.10. The van der Waals surface area contributed by atoms with Crippen LogP contribution in [0.25, 0.3) is 10.9 Å². The molecule has 2 rings (SSSR count). The maximum Gasteiger partial charge on any atom is 0.171 e. The fraction of sp³-hybridized carbons (Fsp3) is 0. The Bertz CT molecular complexity index is 451. The summed E-state index contributed by atoms with van der Waals surface area (Å²) in [5.74, 6) is 5.73. The molecule has 4 N–H and O–H groups in total. The van der Waals surface area contributed by atoms with E-state index >= 15 is 0 Å². The molecule has 0 aliphatic rings. The number of nitrogens with two attached hydrogens (primary N) is 1. The van der Waals surface area contributed by atoms with Crippen LogP contribution in [0.2, 0.25) is 10.0 Å². The number of H-pyrrole nitrogens is 1. The van der Waals surface area contributed by atoms with Crippen molar-refractivity contribution >= 4 is 39.9 Å². The highest BCUT2D eigenvalue weighted by Crippen LogP contribution is 2.32. The Morgan fingerprint density at radius 3 is 2.69 bits per heavy atom. The average molecular weight is 217 g/mol. The van der Waals surface area contributed by atoms with E-state index in [1.54, 1.807) is 12.1 Å². The van der Waals surface area contributed by atoms with Gasteiger partial charge in [0.25, 0.3) is 0 Å². The van der Waals surface area contributed by atoms with Gasteiger partial charge in [-0.25, -0.2) is 5.84 Å². The van der Waals surface area contributed by atoms with Crippen molar-refractivity contribution in [3.63, 3.8) is 0 Å². The van der Waals surface area contributed by atoms with Crippen molar-refractivity contribution in [3.05, 3.63) is 22.2 Å². The van der Waals surface area contributed by atoms with Gasteiger partial charge in [-0.2, -0.15) is 5.10 Å². The molecule has 0 saturated carbocycles. The van der Waals surface area contributed by atoms with E-state index in [1.807, 2.05) is 0 Å². The quantitative estimate of drug-likeness (QED) is 0.506. The topological polar surface area (TPSA) is 66.7 Å². The van der Waals surface area contributed by atoms with Crippen LogP contribution < -0.4 is 11.3 Å². The van der Waals surface area contributed by atoms with E-state index < -0.39 is 0 Å². The Kier molecular flexibility index (Phi) is 2.03. The van der Waals surface area contributed by atoms with Crippen molar-refractivity contribution in [1.29, 1.82) is 0 Å². The lowest BCUT2D eigenvalue weighted by Crippen LogP contribution is -2.07. The molecule has 0 spiro atoms. The standard InChI is InChI=1S/C7H6Cl2N4/c8-3-1-2-4(9)6-5(3)7(11-10)13-12-6/h1-2H,10H2,(H2,11,12,13). The first kappa shape index (κ1) is 8.62. The first-order chi connectivity index (χ1) is 6.24. The van der Waals surface area contributed by atoms with Crippen molar-refractivity contribution in [2.75, 3.05) is 5.43 Å². The van der Waals surface area contributed by atoms with Gasteiger partial charge < -0.3 is 5.43 Å². The Hall–Kier alpha value is -0.970. The van der Waals surface area contributed by atoms with E-state index in [-0.39, 0.29) is 0 Å². The van der Waals surface area contributed by atoms with E-state index in [9.17, 15) is 0 Å². The minimum atomic E-state index is 0.488.